The summed E-state index contributed by atoms with van der Waals surface area (Å²) in [4.78, 5) is 0. The zero-order valence-electron chi connectivity index (χ0n) is 12.8. The summed E-state index contributed by atoms with van der Waals surface area (Å²) in [6, 6.07) is 12.5. The summed E-state index contributed by atoms with van der Waals surface area (Å²) in [6.07, 6.45) is 1.01. The van der Waals surface area contributed by atoms with Gasteiger partial charge in [0.25, 0.3) is 0 Å². The van der Waals surface area contributed by atoms with Crippen molar-refractivity contribution in [1.82, 2.24) is 0 Å². The standard InChI is InChI=1S/C18H22FNO/c1-4-12(2)15-7-5-6-8-17(15)21-18-10-9-14(13(3)20)11-16(18)19/h5-13H,4,20H2,1-3H3/t12?,13-/m0/s1. The summed E-state index contributed by atoms with van der Waals surface area (Å²) in [5.74, 6) is 0.922. The molecule has 2 atom stereocenters. The van der Waals surface area contributed by atoms with Crippen molar-refractivity contribution < 1.29 is 9.13 Å². The van der Waals surface area contributed by atoms with Gasteiger partial charge in [0.2, 0.25) is 0 Å². The van der Waals surface area contributed by atoms with Crippen molar-refractivity contribution >= 4 is 0 Å². The molecule has 2 nitrogen and oxygen atoms in total. The zero-order valence-corrected chi connectivity index (χ0v) is 12.8. The van der Waals surface area contributed by atoms with E-state index in [9.17, 15) is 4.39 Å². The van der Waals surface area contributed by atoms with Crippen molar-refractivity contribution in [1.29, 1.82) is 0 Å². The zero-order chi connectivity index (χ0) is 15.4. The number of hydrogen-bond acceptors (Lipinski definition) is 2. The van der Waals surface area contributed by atoms with Crippen LogP contribution in [0.2, 0.25) is 0 Å². The van der Waals surface area contributed by atoms with E-state index < -0.39 is 0 Å². The van der Waals surface area contributed by atoms with Gasteiger partial charge in [-0.2, -0.15) is 0 Å². The minimum atomic E-state index is -0.385. The highest BCUT2D eigenvalue weighted by Gasteiger charge is 2.13. The van der Waals surface area contributed by atoms with Crippen LogP contribution in [0.25, 0.3) is 0 Å². The molecular formula is C18H22FNO. The van der Waals surface area contributed by atoms with Gasteiger partial charge in [0.1, 0.15) is 5.75 Å². The number of ether oxygens (including phenoxy) is 1. The fourth-order valence-corrected chi connectivity index (χ4v) is 2.20. The van der Waals surface area contributed by atoms with Crippen molar-refractivity contribution in [3.05, 3.63) is 59.4 Å². The van der Waals surface area contributed by atoms with Crippen molar-refractivity contribution in [2.75, 3.05) is 0 Å². The van der Waals surface area contributed by atoms with Crippen molar-refractivity contribution in [3.63, 3.8) is 0 Å². The van der Waals surface area contributed by atoms with Crippen LogP contribution in [-0.2, 0) is 0 Å². The lowest BCUT2D eigenvalue weighted by Gasteiger charge is -2.16. The average Bonchev–Trinajstić information content (AvgIpc) is 2.49. The molecule has 0 saturated heterocycles. The summed E-state index contributed by atoms with van der Waals surface area (Å²) in [7, 11) is 0. The van der Waals surface area contributed by atoms with E-state index in [1.807, 2.05) is 31.2 Å². The van der Waals surface area contributed by atoms with E-state index in [4.69, 9.17) is 10.5 Å². The Morgan fingerprint density at radius 3 is 2.43 bits per heavy atom. The molecule has 0 aliphatic heterocycles. The van der Waals surface area contributed by atoms with E-state index in [0.717, 1.165) is 17.5 Å². The SMILES string of the molecule is CCC(C)c1ccccc1Oc1ccc([C@H](C)N)cc1F. The Bertz CT molecular complexity index is 610. The topological polar surface area (TPSA) is 35.2 Å². The Balaban J connectivity index is 2.30. The third-order valence-corrected chi connectivity index (χ3v) is 3.76. The second kappa shape index (κ2) is 6.72. The van der Waals surface area contributed by atoms with Crippen molar-refractivity contribution in [2.24, 2.45) is 5.73 Å². The lowest BCUT2D eigenvalue weighted by molar-refractivity contribution is 0.433. The highest BCUT2D eigenvalue weighted by atomic mass is 19.1. The Labute approximate surface area is 125 Å². The molecular weight excluding hydrogens is 265 g/mol. The predicted molar refractivity (Wildman–Crippen MR) is 84.2 cm³/mol. The molecule has 0 aromatic heterocycles. The molecule has 2 aromatic rings. The third kappa shape index (κ3) is 3.61. The van der Waals surface area contributed by atoms with Gasteiger partial charge in [-0.1, -0.05) is 38.1 Å². The molecule has 3 heteroatoms. The molecule has 0 radical (unpaired) electrons. The lowest BCUT2D eigenvalue weighted by Crippen LogP contribution is -2.05. The van der Waals surface area contributed by atoms with E-state index in [2.05, 4.69) is 13.8 Å². The first-order valence-electron chi connectivity index (χ1n) is 7.34. The summed E-state index contributed by atoms with van der Waals surface area (Å²) in [5.41, 5.74) is 7.61. The number of rotatable bonds is 5. The number of para-hydroxylation sites is 1. The summed E-state index contributed by atoms with van der Waals surface area (Å²) < 4.78 is 19.9. The first-order valence-corrected chi connectivity index (χ1v) is 7.34. The molecule has 0 aliphatic carbocycles. The van der Waals surface area contributed by atoms with Crippen molar-refractivity contribution in [3.8, 4) is 11.5 Å². The maximum Gasteiger partial charge on any atom is 0.166 e. The number of hydrogen-bond donors (Lipinski definition) is 1. The molecule has 0 heterocycles. The molecule has 0 spiro atoms. The Hall–Kier alpha value is -1.87. The first kappa shape index (κ1) is 15.5. The van der Waals surface area contributed by atoms with Crippen molar-refractivity contribution in [2.45, 2.75) is 39.2 Å². The van der Waals surface area contributed by atoms with Gasteiger partial charge in [0.05, 0.1) is 0 Å². The molecule has 112 valence electrons. The van der Waals surface area contributed by atoms with Gasteiger partial charge in [0.15, 0.2) is 11.6 Å². The Morgan fingerprint density at radius 2 is 1.81 bits per heavy atom. The van der Waals surface area contributed by atoms with E-state index in [0.29, 0.717) is 11.7 Å². The molecule has 1 unspecified atom stereocenters. The van der Waals surface area contributed by atoms with E-state index in [-0.39, 0.29) is 17.6 Å². The Morgan fingerprint density at radius 1 is 1.10 bits per heavy atom. The molecule has 0 saturated carbocycles. The van der Waals surface area contributed by atoms with Crippen LogP contribution in [0.1, 0.15) is 50.3 Å². The molecule has 2 aromatic carbocycles. The maximum absolute atomic E-state index is 14.1. The minimum Gasteiger partial charge on any atom is -0.454 e. The monoisotopic (exact) mass is 287 g/mol. The summed E-state index contributed by atoms with van der Waals surface area (Å²) >= 11 is 0. The van der Waals surface area contributed by atoms with E-state index in [1.54, 1.807) is 12.1 Å². The van der Waals surface area contributed by atoms with Crippen LogP contribution in [0.5, 0.6) is 11.5 Å². The minimum absolute atomic E-state index is 0.194. The highest BCUT2D eigenvalue weighted by molar-refractivity contribution is 5.41. The van der Waals surface area contributed by atoms with Crippen LogP contribution in [0.3, 0.4) is 0 Å². The fraction of sp³-hybridized carbons (Fsp3) is 0.333. The van der Waals surface area contributed by atoms with E-state index >= 15 is 0 Å². The summed E-state index contributed by atoms with van der Waals surface area (Å²) in [5, 5.41) is 0. The second-order valence-electron chi connectivity index (χ2n) is 5.43. The van der Waals surface area contributed by atoms with E-state index in [1.165, 1.54) is 6.07 Å². The number of nitrogens with two attached hydrogens (primary N) is 1. The quantitative estimate of drug-likeness (QED) is 0.825. The van der Waals surface area contributed by atoms with Gasteiger partial charge in [-0.05, 0) is 48.6 Å². The fourth-order valence-electron chi connectivity index (χ4n) is 2.20. The second-order valence-corrected chi connectivity index (χ2v) is 5.43. The molecule has 21 heavy (non-hydrogen) atoms. The van der Waals surface area contributed by atoms with Crippen LogP contribution in [0, 0.1) is 5.82 Å². The molecule has 0 bridgehead atoms. The average molecular weight is 287 g/mol. The van der Waals surface area contributed by atoms with Gasteiger partial charge >= 0.3 is 0 Å². The molecule has 0 aliphatic rings. The van der Waals surface area contributed by atoms with Gasteiger partial charge < -0.3 is 10.5 Å². The third-order valence-electron chi connectivity index (χ3n) is 3.76. The maximum atomic E-state index is 14.1. The lowest BCUT2D eigenvalue weighted by atomic mass is 9.98. The molecule has 2 N–H and O–H groups in total. The largest absolute Gasteiger partial charge is 0.454 e. The number of benzene rings is 2. The molecule has 0 fully saturated rings. The van der Waals surface area contributed by atoms with Gasteiger partial charge in [0, 0.05) is 6.04 Å². The van der Waals surface area contributed by atoms with Gasteiger partial charge in [-0.15, -0.1) is 0 Å². The van der Waals surface area contributed by atoms with Gasteiger partial charge in [-0.25, -0.2) is 4.39 Å². The molecule has 0 amide bonds. The van der Waals surface area contributed by atoms with Crippen LogP contribution >= 0.6 is 0 Å². The summed E-state index contributed by atoms with van der Waals surface area (Å²) in [6.45, 7) is 6.09. The van der Waals surface area contributed by atoms with Crippen LogP contribution in [0.15, 0.2) is 42.5 Å². The highest BCUT2D eigenvalue weighted by Crippen LogP contribution is 2.33. The van der Waals surface area contributed by atoms with Gasteiger partial charge in [-0.3, -0.25) is 0 Å². The number of halogens is 1. The smallest absolute Gasteiger partial charge is 0.166 e. The predicted octanol–water partition coefficient (Wildman–Crippen LogP) is 5.15. The molecule has 2 rings (SSSR count). The first-order chi connectivity index (χ1) is 10.0. The van der Waals surface area contributed by atoms with Crippen LogP contribution in [-0.4, -0.2) is 0 Å². The Kier molecular flexibility index (Phi) is 4.97. The van der Waals surface area contributed by atoms with Crippen LogP contribution < -0.4 is 10.5 Å². The normalized spacial score (nSPS) is 13.8. The van der Waals surface area contributed by atoms with Crippen LogP contribution in [0.4, 0.5) is 4.39 Å².